The van der Waals surface area contributed by atoms with Gasteiger partial charge in [-0.1, -0.05) is 17.7 Å². The second-order valence-electron chi connectivity index (χ2n) is 5.80. The number of halogens is 1. The minimum absolute atomic E-state index is 0.0000268. The second kappa shape index (κ2) is 8.98. The summed E-state index contributed by atoms with van der Waals surface area (Å²) in [6, 6.07) is 9.64. The fourth-order valence-electron chi connectivity index (χ4n) is 2.12. The van der Waals surface area contributed by atoms with Gasteiger partial charge in [0, 0.05) is 44.8 Å². The molecule has 0 bridgehead atoms. The van der Waals surface area contributed by atoms with Crippen molar-refractivity contribution in [2.24, 2.45) is 0 Å². The molecule has 9 heteroatoms. The van der Waals surface area contributed by atoms with Crippen LogP contribution in [-0.4, -0.2) is 39.9 Å². The number of aromatic nitrogens is 1. The average molecular weight is 397 g/mol. The van der Waals surface area contributed by atoms with Gasteiger partial charge in [-0.25, -0.2) is 18.1 Å². The zero-order valence-corrected chi connectivity index (χ0v) is 16.1. The van der Waals surface area contributed by atoms with Gasteiger partial charge in [0.05, 0.1) is 4.90 Å². The number of benzene rings is 1. The number of nitrogens with zero attached hydrogens (tertiary/aromatic N) is 2. The molecular formula is C17H21ClN4O3S. The van der Waals surface area contributed by atoms with Crippen LogP contribution in [0.2, 0.25) is 5.02 Å². The Kier molecular flexibility index (Phi) is 6.96. The molecule has 26 heavy (non-hydrogen) atoms. The molecule has 140 valence electrons. The molecule has 0 atom stereocenters. The van der Waals surface area contributed by atoms with Gasteiger partial charge in [-0.3, -0.25) is 4.79 Å². The average Bonchev–Trinajstić information content (AvgIpc) is 2.60. The summed E-state index contributed by atoms with van der Waals surface area (Å²) >= 11 is 5.80. The molecule has 0 fully saturated rings. The molecule has 1 amide bonds. The monoisotopic (exact) mass is 396 g/mol. The van der Waals surface area contributed by atoms with Crippen LogP contribution in [-0.2, 0) is 21.4 Å². The Balaban J connectivity index is 1.81. The van der Waals surface area contributed by atoms with Crippen LogP contribution in [0.1, 0.15) is 12.0 Å². The molecule has 0 unspecified atom stereocenters. The Hall–Kier alpha value is -2.16. The van der Waals surface area contributed by atoms with E-state index >= 15 is 0 Å². The van der Waals surface area contributed by atoms with Crippen molar-refractivity contribution in [2.75, 3.05) is 25.5 Å². The molecule has 0 saturated heterocycles. The minimum Gasteiger partial charge on any atom is -0.363 e. The molecule has 0 radical (unpaired) electrons. The van der Waals surface area contributed by atoms with Crippen molar-refractivity contribution in [1.29, 1.82) is 0 Å². The van der Waals surface area contributed by atoms with Crippen molar-refractivity contribution < 1.29 is 13.2 Å². The predicted octanol–water partition coefficient (Wildman–Crippen LogP) is 1.79. The normalized spacial score (nSPS) is 11.2. The van der Waals surface area contributed by atoms with Crippen LogP contribution in [0.25, 0.3) is 0 Å². The molecule has 2 N–H and O–H groups in total. The number of amides is 1. The highest BCUT2D eigenvalue weighted by Crippen LogP contribution is 2.15. The van der Waals surface area contributed by atoms with E-state index in [0.717, 1.165) is 11.4 Å². The molecule has 2 rings (SSSR count). The number of carbonyl (C=O) groups is 1. The third-order valence-electron chi connectivity index (χ3n) is 3.51. The smallest absolute Gasteiger partial charge is 0.240 e. The molecular weight excluding hydrogens is 376 g/mol. The van der Waals surface area contributed by atoms with Crippen LogP contribution in [0.4, 0.5) is 5.82 Å². The van der Waals surface area contributed by atoms with E-state index in [-0.39, 0.29) is 23.8 Å². The highest BCUT2D eigenvalue weighted by molar-refractivity contribution is 7.89. The first-order chi connectivity index (χ1) is 12.3. The quantitative estimate of drug-likeness (QED) is 0.709. The van der Waals surface area contributed by atoms with Gasteiger partial charge < -0.3 is 10.2 Å². The second-order valence-corrected chi connectivity index (χ2v) is 8.00. The summed E-state index contributed by atoms with van der Waals surface area (Å²) in [4.78, 5) is 18.1. The molecule has 1 aromatic carbocycles. The van der Waals surface area contributed by atoms with Gasteiger partial charge in [0.2, 0.25) is 15.9 Å². The number of anilines is 1. The number of nitrogens with one attached hydrogen (secondary N) is 2. The van der Waals surface area contributed by atoms with E-state index in [1.165, 1.54) is 12.1 Å². The lowest BCUT2D eigenvalue weighted by Crippen LogP contribution is -2.30. The maximum atomic E-state index is 12.1. The van der Waals surface area contributed by atoms with E-state index in [2.05, 4.69) is 15.0 Å². The molecule has 2 aromatic rings. The van der Waals surface area contributed by atoms with Gasteiger partial charge in [-0.05, 0) is 35.9 Å². The van der Waals surface area contributed by atoms with E-state index < -0.39 is 10.0 Å². The first-order valence-corrected chi connectivity index (χ1v) is 9.78. The number of pyridine rings is 1. The Labute approximate surface area is 158 Å². The fraction of sp³-hybridized carbons (Fsp3) is 0.294. The van der Waals surface area contributed by atoms with Crippen LogP contribution in [0.15, 0.2) is 47.5 Å². The number of hydrogen-bond acceptors (Lipinski definition) is 5. The summed E-state index contributed by atoms with van der Waals surface area (Å²) in [7, 11) is 0.0823. The minimum atomic E-state index is -3.69. The molecule has 1 heterocycles. The van der Waals surface area contributed by atoms with Crippen molar-refractivity contribution in [3.8, 4) is 0 Å². The van der Waals surface area contributed by atoms with Gasteiger partial charge in [0.1, 0.15) is 5.82 Å². The lowest BCUT2D eigenvalue weighted by molar-refractivity contribution is -0.121. The fourth-order valence-corrected chi connectivity index (χ4v) is 3.45. The van der Waals surface area contributed by atoms with Crippen molar-refractivity contribution in [3.63, 3.8) is 0 Å². The van der Waals surface area contributed by atoms with E-state index in [1.54, 1.807) is 18.3 Å². The maximum absolute atomic E-state index is 12.1. The predicted molar refractivity (Wildman–Crippen MR) is 102 cm³/mol. The van der Waals surface area contributed by atoms with Gasteiger partial charge in [-0.2, -0.15) is 0 Å². The Morgan fingerprint density at radius 2 is 2.00 bits per heavy atom. The summed E-state index contributed by atoms with van der Waals surface area (Å²) in [5.41, 5.74) is 0.913. The van der Waals surface area contributed by atoms with Crippen molar-refractivity contribution in [3.05, 3.63) is 53.2 Å². The number of rotatable bonds is 8. The summed E-state index contributed by atoms with van der Waals surface area (Å²) in [5, 5.41) is 3.09. The van der Waals surface area contributed by atoms with E-state index in [4.69, 9.17) is 11.6 Å². The highest BCUT2D eigenvalue weighted by Gasteiger charge is 2.14. The molecule has 0 saturated carbocycles. The first kappa shape index (κ1) is 20.2. The topological polar surface area (TPSA) is 91.4 Å². The van der Waals surface area contributed by atoms with Crippen molar-refractivity contribution in [1.82, 2.24) is 15.0 Å². The van der Waals surface area contributed by atoms with E-state index in [9.17, 15) is 13.2 Å². The van der Waals surface area contributed by atoms with E-state index in [1.807, 2.05) is 31.1 Å². The molecule has 7 nitrogen and oxygen atoms in total. The Morgan fingerprint density at radius 3 is 2.69 bits per heavy atom. The highest BCUT2D eigenvalue weighted by atomic mass is 35.5. The standard InChI is InChI=1S/C17H21ClN4O3S/c1-22(2)16-10-13(6-8-19-16)12-20-17(23)7-9-21-26(24,25)15-5-3-4-14(18)11-15/h3-6,8,10-11,21H,7,9,12H2,1-2H3,(H,20,23). The van der Waals surface area contributed by atoms with Crippen LogP contribution in [0, 0.1) is 0 Å². The molecule has 0 aliphatic rings. The van der Waals surface area contributed by atoms with Crippen molar-refractivity contribution >= 4 is 33.3 Å². The zero-order valence-electron chi connectivity index (χ0n) is 14.6. The van der Waals surface area contributed by atoms with Gasteiger partial charge in [0.25, 0.3) is 0 Å². The van der Waals surface area contributed by atoms with Crippen LogP contribution >= 0.6 is 11.6 Å². The Morgan fingerprint density at radius 1 is 1.23 bits per heavy atom. The van der Waals surface area contributed by atoms with Gasteiger partial charge in [0.15, 0.2) is 0 Å². The summed E-state index contributed by atoms with van der Waals surface area (Å²) < 4.78 is 26.7. The van der Waals surface area contributed by atoms with Gasteiger partial charge in [-0.15, -0.1) is 0 Å². The Bertz CT molecular complexity index is 872. The summed E-state index contributed by atoms with van der Waals surface area (Å²) in [6.07, 6.45) is 1.71. The molecule has 1 aromatic heterocycles. The lowest BCUT2D eigenvalue weighted by Gasteiger charge is -2.12. The number of sulfonamides is 1. The van der Waals surface area contributed by atoms with E-state index in [0.29, 0.717) is 11.6 Å². The zero-order chi connectivity index (χ0) is 19.2. The summed E-state index contributed by atoms with van der Waals surface area (Å²) in [6.45, 7) is 0.350. The maximum Gasteiger partial charge on any atom is 0.240 e. The number of hydrogen-bond donors (Lipinski definition) is 2. The number of carbonyl (C=O) groups excluding carboxylic acids is 1. The van der Waals surface area contributed by atoms with Crippen molar-refractivity contribution in [2.45, 2.75) is 17.9 Å². The van der Waals surface area contributed by atoms with Crippen LogP contribution in [0.3, 0.4) is 0 Å². The van der Waals surface area contributed by atoms with Crippen LogP contribution in [0.5, 0.6) is 0 Å². The first-order valence-electron chi connectivity index (χ1n) is 7.92. The third-order valence-corrected chi connectivity index (χ3v) is 5.20. The molecule has 0 aliphatic carbocycles. The SMILES string of the molecule is CN(C)c1cc(CNC(=O)CCNS(=O)(=O)c2cccc(Cl)c2)ccn1. The van der Waals surface area contributed by atoms with Gasteiger partial charge >= 0.3 is 0 Å². The van der Waals surface area contributed by atoms with Crippen LogP contribution < -0.4 is 14.9 Å². The third kappa shape index (κ3) is 5.98. The molecule has 0 spiro atoms. The largest absolute Gasteiger partial charge is 0.363 e. The molecule has 0 aliphatic heterocycles. The lowest BCUT2D eigenvalue weighted by atomic mass is 10.2. The summed E-state index contributed by atoms with van der Waals surface area (Å²) in [5.74, 6) is 0.549.